The van der Waals surface area contributed by atoms with Gasteiger partial charge in [-0.1, -0.05) is 60.7 Å². The highest BCUT2D eigenvalue weighted by Crippen LogP contribution is 2.17. The predicted octanol–water partition coefficient (Wildman–Crippen LogP) is 4.01. The summed E-state index contributed by atoms with van der Waals surface area (Å²) in [5, 5.41) is 10.0. The fourth-order valence-electron chi connectivity index (χ4n) is 3.18. The first-order valence-corrected chi connectivity index (χ1v) is 8.90. The molecule has 0 spiro atoms. The number of aliphatic hydroxyl groups excluding tert-OH is 1. The number of aliphatic hydroxyl groups is 1. The molecule has 0 radical (unpaired) electrons. The molecule has 130 valence electrons. The zero-order chi connectivity index (χ0) is 17.3. The van der Waals surface area contributed by atoms with E-state index in [1.54, 1.807) is 0 Å². The Morgan fingerprint density at radius 2 is 1.40 bits per heavy atom. The number of H-pyrrole nitrogens is 1. The smallest absolute Gasteiger partial charge is 0.0587 e. The lowest BCUT2D eigenvalue weighted by Gasteiger charge is -2.31. The van der Waals surface area contributed by atoms with Gasteiger partial charge in [-0.3, -0.25) is 4.90 Å². The highest BCUT2D eigenvalue weighted by molar-refractivity contribution is 5.17. The van der Waals surface area contributed by atoms with Crippen LogP contribution in [0.25, 0.3) is 0 Å². The molecule has 0 aliphatic carbocycles. The van der Waals surface area contributed by atoms with Crippen molar-refractivity contribution >= 4 is 0 Å². The largest absolute Gasteiger partial charge is 0.395 e. The van der Waals surface area contributed by atoms with Crippen molar-refractivity contribution in [2.75, 3.05) is 6.61 Å². The summed E-state index contributed by atoms with van der Waals surface area (Å²) in [6.45, 7) is 1.84. The maximum atomic E-state index is 10.0. The number of aromatic nitrogens is 1. The molecule has 0 bridgehead atoms. The van der Waals surface area contributed by atoms with Gasteiger partial charge < -0.3 is 10.1 Å². The first-order chi connectivity index (χ1) is 12.3. The molecule has 0 aliphatic heterocycles. The van der Waals surface area contributed by atoms with Gasteiger partial charge in [-0.25, -0.2) is 0 Å². The minimum Gasteiger partial charge on any atom is -0.395 e. The molecule has 1 heterocycles. The fourth-order valence-corrected chi connectivity index (χ4v) is 3.18. The van der Waals surface area contributed by atoms with E-state index in [1.807, 2.05) is 24.4 Å². The average Bonchev–Trinajstić information content (AvgIpc) is 3.17. The number of aromatic amines is 1. The van der Waals surface area contributed by atoms with Crippen LogP contribution in [0.1, 0.15) is 23.2 Å². The zero-order valence-electron chi connectivity index (χ0n) is 14.5. The molecule has 1 atom stereocenters. The topological polar surface area (TPSA) is 39.3 Å². The number of nitrogens with zero attached hydrogens (tertiary/aromatic N) is 1. The van der Waals surface area contributed by atoms with Crippen LogP contribution in [0.3, 0.4) is 0 Å². The fraction of sp³-hybridized carbons (Fsp3) is 0.273. The Bertz CT molecular complexity index is 669. The lowest BCUT2D eigenvalue weighted by molar-refractivity contribution is 0.103. The summed E-state index contributed by atoms with van der Waals surface area (Å²) in [7, 11) is 0. The summed E-state index contributed by atoms with van der Waals surface area (Å²) < 4.78 is 0. The number of nitrogens with one attached hydrogen (secondary N) is 1. The van der Waals surface area contributed by atoms with Crippen molar-refractivity contribution in [1.29, 1.82) is 0 Å². The van der Waals surface area contributed by atoms with Crippen LogP contribution >= 0.6 is 0 Å². The monoisotopic (exact) mass is 334 g/mol. The second-order valence-electron chi connectivity index (χ2n) is 6.45. The van der Waals surface area contributed by atoms with E-state index in [0.717, 1.165) is 25.9 Å². The van der Waals surface area contributed by atoms with E-state index in [9.17, 15) is 5.11 Å². The molecule has 0 unspecified atom stereocenters. The molecule has 25 heavy (non-hydrogen) atoms. The third kappa shape index (κ3) is 5.31. The Labute approximate surface area is 149 Å². The Balaban J connectivity index is 1.72. The van der Waals surface area contributed by atoms with Gasteiger partial charge in [0, 0.05) is 31.0 Å². The Morgan fingerprint density at radius 3 is 1.88 bits per heavy atom. The van der Waals surface area contributed by atoms with Crippen molar-refractivity contribution in [2.45, 2.75) is 32.0 Å². The first kappa shape index (κ1) is 17.5. The van der Waals surface area contributed by atoms with Crippen LogP contribution in [0.5, 0.6) is 0 Å². The predicted molar refractivity (Wildman–Crippen MR) is 102 cm³/mol. The normalized spacial score (nSPS) is 12.4. The lowest BCUT2D eigenvalue weighted by atomic mass is 10.1. The van der Waals surface area contributed by atoms with Crippen LogP contribution in [0.15, 0.2) is 79.0 Å². The van der Waals surface area contributed by atoms with Gasteiger partial charge >= 0.3 is 0 Å². The van der Waals surface area contributed by atoms with Gasteiger partial charge in [0.25, 0.3) is 0 Å². The number of hydrogen-bond acceptors (Lipinski definition) is 2. The summed E-state index contributed by atoms with van der Waals surface area (Å²) in [4.78, 5) is 5.64. The summed E-state index contributed by atoms with van der Waals surface area (Å²) >= 11 is 0. The van der Waals surface area contributed by atoms with Crippen LogP contribution in [-0.4, -0.2) is 27.6 Å². The quantitative estimate of drug-likeness (QED) is 0.620. The minimum atomic E-state index is 0.128. The van der Waals surface area contributed by atoms with Crippen LogP contribution in [0.2, 0.25) is 0 Å². The summed E-state index contributed by atoms with van der Waals surface area (Å²) in [5.74, 6) is 0. The molecule has 2 aromatic carbocycles. The Hall–Kier alpha value is -2.36. The molecule has 3 heteroatoms. The van der Waals surface area contributed by atoms with Gasteiger partial charge in [0.05, 0.1) is 6.61 Å². The highest BCUT2D eigenvalue weighted by Gasteiger charge is 2.18. The van der Waals surface area contributed by atoms with Crippen molar-refractivity contribution in [2.24, 2.45) is 0 Å². The summed E-state index contributed by atoms with van der Waals surface area (Å²) in [6.07, 6.45) is 3.82. The van der Waals surface area contributed by atoms with E-state index in [0.29, 0.717) is 0 Å². The van der Waals surface area contributed by atoms with Crippen LogP contribution in [0, 0.1) is 0 Å². The Morgan fingerprint density at radius 1 is 0.800 bits per heavy atom. The third-order valence-electron chi connectivity index (χ3n) is 4.59. The number of aryl methyl sites for hydroxylation is 1. The molecule has 0 saturated heterocycles. The van der Waals surface area contributed by atoms with Gasteiger partial charge in [0.2, 0.25) is 0 Å². The highest BCUT2D eigenvalue weighted by atomic mass is 16.3. The number of rotatable bonds is 9. The van der Waals surface area contributed by atoms with E-state index >= 15 is 0 Å². The van der Waals surface area contributed by atoms with Gasteiger partial charge in [-0.15, -0.1) is 0 Å². The van der Waals surface area contributed by atoms with E-state index in [1.165, 1.54) is 16.8 Å². The first-order valence-electron chi connectivity index (χ1n) is 8.90. The average molecular weight is 334 g/mol. The maximum Gasteiger partial charge on any atom is 0.0587 e. The molecule has 0 amide bonds. The van der Waals surface area contributed by atoms with E-state index < -0.39 is 0 Å². The van der Waals surface area contributed by atoms with Crippen molar-refractivity contribution in [3.05, 3.63) is 95.8 Å². The molecule has 0 fully saturated rings. The van der Waals surface area contributed by atoms with Crippen molar-refractivity contribution in [1.82, 2.24) is 9.88 Å². The molecule has 1 aromatic heterocycles. The third-order valence-corrected chi connectivity index (χ3v) is 4.59. The van der Waals surface area contributed by atoms with Crippen molar-refractivity contribution in [3.63, 3.8) is 0 Å². The molecule has 2 N–H and O–H groups in total. The second-order valence-corrected chi connectivity index (χ2v) is 6.45. The molecule has 0 aliphatic rings. The Kier molecular flexibility index (Phi) is 6.43. The van der Waals surface area contributed by atoms with Crippen molar-refractivity contribution < 1.29 is 5.11 Å². The van der Waals surface area contributed by atoms with Gasteiger partial charge in [0.1, 0.15) is 0 Å². The SMILES string of the molecule is OC[C@@H](CCc1ccc[nH]1)N(Cc1ccccc1)Cc1ccccc1. The minimum absolute atomic E-state index is 0.128. The van der Waals surface area contributed by atoms with Crippen LogP contribution in [0.4, 0.5) is 0 Å². The summed E-state index contributed by atoms with van der Waals surface area (Å²) in [5.41, 5.74) is 3.77. The van der Waals surface area contributed by atoms with Gasteiger partial charge in [0.15, 0.2) is 0 Å². The van der Waals surface area contributed by atoms with Crippen LogP contribution in [-0.2, 0) is 19.5 Å². The molecule has 3 aromatic rings. The van der Waals surface area contributed by atoms with E-state index in [2.05, 4.69) is 64.5 Å². The molecule has 0 saturated carbocycles. The maximum absolute atomic E-state index is 10.0. The van der Waals surface area contributed by atoms with Crippen LogP contribution < -0.4 is 0 Å². The zero-order valence-corrected chi connectivity index (χ0v) is 14.5. The van der Waals surface area contributed by atoms with E-state index in [4.69, 9.17) is 0 Å². The molecule has 3 nitrogen and oxygen atoms in total. The lowest BCUT2D eigenvalue weighted by Crippen LogP contribution is -2.37. The number of hydrogen-bond donors (Lipinski definition) is 2. The standard InChI is InChI=1S/C22H26N2O/c25-18-22(14-13-21-12-7-15-23-21)24(16-19-8-3-1-4-9-19)17-20-10-5-2-6-11-20/h1-12,15,22-23,25H,13-14,16-18H2/t22-/m1/s1. The van der Waals surface area contributed by atoms with E-state index in [-0.39, 0.29) is 12.6 Å². The second kappa shape index (κ2) is 9.21. The van der Waals surface area contributed by atoms with Gasteiger partial charge in [-0.05, 0) is 36.1 Å². The number of benzene rings is 2. The molecular formula is C22H26N2O. The van der Waals surface area contributed by atoms with Crippen molar-refractivity contribution in [3.8, 4) is 0 Å². The molecular weight excluding hydrogens is 308 g/mol. The molecule has 3 rings (SSSR count). The van der Waals surface area contributed by atoms with Gasteiger partial charge in [-0.2, -0.15) is 0 Å². The summed E-state index contributed by atoms with van der Waals surface area (Å²) in [6, 6.07) is 25.2.